The molecule has 0 aromatic heterocycles. The molecule has 1 aromatic carbocycles. The lowest BCUT2D eigenvalue weighted by atomic mass is 9.89. The van der Waals surface area contributed by atoms with E-state index in [1.807, 2.05) is 59.7 Å². The Morgan fingerprint density at radius 1 is 1.05 bits per heavy atom. The van der Waals surface area contributed by atoms with Gasteiger partial charge in [0, 0.05) is 72.2 Å². The Kier molecular flexibility index (Phi) is 22.5. The van der Waals surface area contributed by atoms with Crippen molar-refractivity contribution < 1.29 is 38.1 Å². The van der Waals surface area contributed by atoms with E-state index in [0.717, 1.165) is 12.3 Å². The number of likely N-dealkylation sites (tertiary alicyclic amines) is 1. The first kappa shape index (κ1) is 53.1. The van der Waals surface area contributed by atoms with E-state index < -0.39 is 67.4 Å². The number of benzene rings is 1. The van der Waals surface area contributed by atoms with Crippen LogP contribution in [0.1, 0.15) is 86.1 Å². The van der Waals surface area contributed by atoms with E-state index in [1.54, 1.807) is 55.1 Å². The Labute approximate surface area is 363 Å². The highest BCUT2D eigenvalue weighted by molar-refractivity contribution is 7.59. The molecule has 1 aliphatic rings. The maximum atomic E-state index is 14.4. The molecule has 9 atom stereocenters. The van der Waals surface area contributed by atoms with E-state index in [2.05, 4.69) is 27.6 Å². The number of likely N-dealkylation sites (N-methyl/N-ethyl adjacent to an activating group) is 1. The number of amidine groups is 1. The first-order chi connectivity index (χ1) is 28.7. The quantitative estimate of drug-likeness (QED) is 0.0220. The normalized spacial score (nSPS) is 18.8. The number of azide groups is 1. The molecule has 1 heterocycles. The molecule has 344 valence electrons. The van der Waals surface area contributed by atoms with Gasteiger partial charge in [0.1, 0.15) is 23.8 Å². The van der Waals surface area contributed by atoms with Crippen LogP contribution < -0.4 is 10.6 Å². The summed E-state index contributed by atoms with van der Waals surface area (Å²) in [5, 5.41) is 8.78. The molecule has 3 N–H and O–H groups in total. The number of rotatable bonds is 25. The number of ether oxygens (including phenoxy) is 2. The molecule has 0 saturated carbocycles. The fraction of sp³-hybridized carbons (Fsp3) is 0.744. The van der Waals surface area contributed by atoms with Crippen LogP contribution in [0.3, 0.4) is 0 Å². The monoisotopic (exact) mass is 876 g/mol. The summed E-state index contributed by atoms with van der Waals surface area (Å²) in [5.74, 6) is -2.88. The SMILES string of the molecule is CC[C@H](C)[C@@H]([C@@H](CC(=O)N1CCC[C@H]1[C@H](OC)[C@@H](C)C(=O)N[C@@H](Cc1ccccc1)P(=O)(O)CC(=O)NCCCN=[N+]=[N-])OC)N(C)C(=O)[C@@H](/N=C(\C(C)C)N(C)C)C(C)C. The van der Waals surface area contributed by atoms with Gasteiger partial charge in [-0.15, -0.1) is 0 Å². The van der Waals surface area contributed by atoms with E-state index in [0.29, 0.717) is 31.4 Å². The first-order valence-electron chi connectivity index (χ1n) is 21.6. The highest BCUT2D eigenvalue weighted by Gasteiger charge is 2.44. The number of aliphatic imine (C=N–C) groups is 1. The van der Waals surface area contributed by atoms with Gasteiger partial charge in [0.15, 0.2) is 0 Å². The van der Waals surface area contributed by atoms with Crippen LogP contribution in [-0.4, -0.2) is 146 Å². The van der Waals surface area contributed by atoms with E-state index in [9.17, 15) is 28.6 Å². The molecule has 0 spiro atoms. The van der Waals surface area contributed by atoms with Crippen LogP contribution in [0.5, 0.6) is 0 Å². The van der Waals surface area contributed by atoms with Crippen molar-refractivity contribution in [2.24, 2.45) is 33.8 Å². The van der Waals surface area contributed by atoms with Crippen LogP contribution in [0, 0.1) is 23.7 Å². The van der Waals surface area contributed by atoms with Crippen molar-refractivity contribution in [2.75, 3.05) is 61.2 Å². The topological polar surface area (TPSA) is 219 Å². The average Bonchev–Trinajstić information content (AvgIpc) is 3.69. The number of nitrogens with one attached hydrogen (secondary N) is 2. The van der Waals surface area contributed by atoms with Crippen molar-refractivity contribution in [3.05, 3.63) is 46.3 Å². The molecule has 61 heavy (non-hydrogen) atoms. The van der Waals surface area contributed by atoms with Crippen molar-refractivity contribution in [1.82, 2.24) is 25.3 Å². The molecule has 4 amide bonds. The predicted molar refractivity (Wildman–Crippen MR) is 239 cm³/mol. The number of nitrogens with zero attached hydrogens (tertiary/aromatic N) is 7. The zero-order valence-electron chi connectivity index (χ0n) is 38.6. The fourth-order valence-corrected chi connectivity index (χ4v) is 9.72. The van der Waals surface area contributed by atoms with Gasteiger partial charge in [-0.1, -0.05) is 90.3 Å². The maximum Gasteiger partial charge on any atom is 0.247 e. The van der Waals surface area contributed by atoms with Gasteiger partial charge in [0.25, 0.3) is 0 Å². The molecule has 0 aliphatic carbocycles. The minimum Gasteiger partial charge on any atom is -0.379 e. The molecule has 1 aromatic rings. The second kappa shape index (κ2) is 25.8. The van der Waals surface area contributed by atoms with Gasteiger partial charge < -0.3 is 39.7 Å². The van der Waals surface area contributed by atoms with E-state index in [-0.39, 0.29) is 55.5 Å². The predicted octanol–water partition coefficient (Wildman–Crippen LogP) is 5.32. The highest BCUT2D eigenvalue weighted by atomic mass is 31.2. The van der Waals surface area contributed by atoms with Crippen LogP contribution in [0.4, 0.5) is 0 Å². The van der Waals surface area contributed by atoms with Crippen LogP contribution >= 0.6 is 7.37 Å². The molecule has 1 aliphatic heterocycles. The summed E-state index contributed by atoms with van der Waals surface area (Å²) in [6.45, 7) is 14.6. The van der Waals surface area contributed by atoms with Gasteiger partial charge >= 0.3 is 0 Å². The van der Waals surface area contributed by atoms with Crippen molar-refractivity contribution in [2.45, 2.75) is 123 Å². The zero-order chi connectivity index (χ0) is 46.0. The molecule has 0 bridgehead atoms. The molecule has 1 saturated heterocycles. The number of hydrogen-bond acceptors (Lipinski definition) is 9. The second-order valence-electron chi connectivity index (χ2n) is 17.1. The lowest BCUT2D eigenvalue weighted by Gasteiger charge is -2.40. The summed E-state index contributed by atoms with van der Waals surface area (Å²) < 4.78 is 25.9. The summed E-state index contributed by atoms with van der Waals surface area (Å²) in [6.07, 6.45) is 0.183. The van der Waals surface area contributed by atoms with Gasteiger partial charge in [-0.2, -0.15) is 0 Å². The lowest BCUT2D eigenvalue weighted by Crippen LogP contribution is -2.55. The summed E-state index contributed by atoms with van der Waals surface area (Å²) in [4.78, 5) is 79.8. The summed E-state index contributed by atoms with van der Waals surface area (Å²) >= 11 is 0. The largest absolute Gasteiger partial charge is 0.379 e. The van der Waals surface area contributed by atoms with Gasteiger partial charge in [0.05, 0.1) is 36.6 Å². The Balaban J connectivity index is 2.34. The number of methoxy groups -OCH3 is 2. The summed E-state index contributed by atoms with van der Waals surface area (Å²) in [5.41, 5.74) is 9.17. The molecular formula is C43H74N9O8P. The molecule has 1 unspecified atom stereocenters. The first-order valence-corrected chi connectivity index (χ1v) is 23.5. The number of hydrogen-bond donors (Lipinski definition) is 3. The maximum absolute atomic E-state index is 14.4. The van der Waals surface area contributed by atoms with Crippen LogP contribution in [0.15, 0.2) is 40.4 Å². The van der Waals surface area contributed by atoms with Crippen molar-refractivity contribution in [3.63, 3.8) is 0 Å². The molecular weight excluding hydrogens is 802 g/mol. The minimum absolute atomic E-state index is 0.00552. The Bertz CT molecular complexity index is 1680. The van der Waals surface area contributed by atoms with Crippen LogP contribution in [0.2, 0.25) is 0 Å². The molecule has 17 nitrogen and oxygen atoms in total. The minimum atomic E-state index is -4.34. The smallest absolute Gasteiger partial charge is 0.247 e. The summed E-state index contributed by atoms with van der Waals surface area (Å²) in [7, 11) is 4.31. The molecule has 0 radical (unpaired) electrons. The van der Waals surface area contributed by atoms with Gasteiger partial charge in [-0.25, -0.2) is 0 Å². The number of carbonyl (C=O) groups excluding carboxylic acids is 4. The van der Waals surface area contributed by atoms with E-state index in [1.165, 1.54) is 7.11 Å². The molecule has 1 fully saturated rings. The number of amides is 4. The van der Waals surface area contributed by atoms with Crippen molar-refractivity contribution >= 4 is 36.8 Å². The van der Waals surface area contributed by atoms with E-state index >= 15 is 0 Å². The van der Waals surface area contributed by atoms with Crippen molar-refractivity contribution in [1.29, 1.82) is 0 Å². The molecule has 18 heteroatoms. The lowest BCUT2D eigenvalue weighted by molar-refractivity contribution is -0.146. The third-order valence-electron chi connectivity index (χ3n) is 11.6. The average molecular weight is 876 g/mol. The van der Waals surface area contributed by atoms with Crippen LogP contribution in [0.25, 0.3) is 10.4 Å². The van der Waals surface area contributed by atoms with Crippen LogP contribution in [-0.2, 0) is 39.6 Å². The van der Waals surface area contributed by atoms with E-state index in [4.69, 9.17) is 20.0 Å². The van der Waals surface area contributed by atoms with Gasteiger partial charge in [0.2, 0.25) is 31.0 Å². The third kappa shape index (κ3) is 15.7. The Hall–Kier alpha value is -4.01. The standard InChI is InChI=1S/C43H74N9O8P/c1-13-30(6)39(51(10)43(56)38(28(2)3)48-41(29(4)5)50(8)9)34(59-11)26-37(54)52-24-17-21-33(52)40(60-12)31(7)42(55)47-36(25-32-19-15-14-16-20-32)61(57,58)27-35(53)45-22-18-23-46-49-44/h14-16,19-20,28-31,33-34,36,38-40H,13,17-18,21-27H2,1-12H3,(H,45,53)(H,47,55)(H,57,58)/b48-41+/t30-,31+,33-,34+,36+,38-,39-,40+/m0/s1. The summed E-state index contributed by atoms with van der Waals surface area (Å²) in [6, 6.07) is 7.36. The second-order valence-corrected chi connectivity index (χ2v) is 19.6. The van der Waals surface area contributed by atoms with Gasteiger partial charge in [-0.3, -0.25) is 28.7 Å². The highest BCUT2D eigenvalue weighted by Crippen LogP contribution is 2.46. The Morgan fingerprint density at radius 2 is 1.70 bits per heavy atom. The van der Waals surface area contributed by atoms with Crippen molar-refractivity contribution in [3.8, 4) is 0 Å². The zero-order valence-corrected chi connectivity index (χ0v) is 39.5. The Morgan fingerprint density at radius 3 is 2.25 bits per heavy atom. The third-order valence-corrected chi connectivity index (χ3v) is 13.7. The molecule has 2 rings (SSSR count). The van der Waals surface area contributed by atoms with Gasteiger partial charge in [-0.05, 0) is 42.2 Å². The fourth-order valence-electron chi connectivity index (χ4n) is 8.15. The number of carbonyl (C=O) groups is 4.